The zero-order valence-electron chi connectivity index (χ0n) is 21.3. The van der Waals surface area contributed by atoms with Crippen molar-refractivity contribution in [3.05, 3.63) is 59.7 Å². The van der Waals surface area contributed by atoms with E-state index in [1.807, 2.05) is 19.1 Å². The third-order valence-electron chi connectivity index (χ3n) is 7.28. The summed E-state index contributed by atoms with van der Waals surface area (Å²) in [6, 6.07) is 14.7. The second-order valence-corrected chi connectivity index (χ2v) is 9.61. The van der Waals surface area contributed by atoms with Crippen LogP contribution in [0.5, 0.6) is 11.5 Å². The number of nitrogens with zero attached hydrogens (tertiary/aromatic N) is 2. The topological polar surface area (TPSA) is 88.2 Å². The number of hydrogen-bond acceptors (Lipinski definition) is 5. The lowest BCUT2D eigenvalue weighted by Crippen LogP contribution is -2.46. The summed E-state index contributed by atoms with van der Waals surface area (Å²) >= 11 is 0. The van der Waals surface area contributed by atoms with Crippen LogP contribution in [0.1, 0.15) is 44.2 Å². The molecule has 192 valence electrons. The van der Waals surface area contributed by atoms with E-state index in [1.54, 1.807) is 43.2 Å². The van der Waals surface area contributed by atoms with E-state index in [1.165, 1.54) is 5.56 Å². The largest absolute Gasteiger partial charge is 0.497 e. The van der Waals surface area contributed by atoms with Gasteiger partial charge >= 0.3 is 6.03 Å². The highest BCUT2D eigenvalue weighted by molar-refractivity contribution is 6.09. The Labute approximate surface area is 212 Å². The third-order valence-corrected chi connectivity index (χ3v) is 7.28. The summed E-state index contributed by atoms with van der Waals surface area (Å²) in [6.45, 7) is 5.35. The first-order valence-electron chi connectivity index (χ1n) is 12.6. The van der Waals surface area contributed by atoms with Gasteiger partial charge in [-0.25, -0.2) is 4.79 Å². The lowest BCUT2D eigenvalue weighted by atomic mass is 9.90. The number of piperidine rings is 1. The summed E-state index contributed by atoms with van der Waals surface area (Å²) in [5.41, 5.74) is 0.720. The fourth-order valence-electron chi connectivity index (χ4n) is 4.96. The Morgan fingerprint density at radius 1 is 1.03 bits per heavy atom. The number of amides is 4. The number of nitrogens with one attached hydrogen (secondary N) is 1. The van der Waals surface area contributed by atoms with Gasteiger partial charge < -0.3 is 19.7 Å². The SMILES string of the molecule is CCOc1ccc(CCC2CCN(C(=O)CN3C(=O)NC(C)(c4ccc(OC)cc4)C3=O)CC2)cc1. The summed E-state index contributed by atoms with van der Waals surface area (Å²) in [5.74, 6) is 1.49. The van der Waals surface area contributed by atoms with Crippen molar-refractivity contribution in [3.8, 4) is 11.5 Å². The van der Waals surface area contributed by atoms with Crippen molar-refractivity contribution in [3.63, 3.8) is 0 Å². The molecule has 2 aliphatic rings. The first-order chi connectivity index (χ1) is 17.3. The highest BCUT2D eigenvalue weighted by atomic mass is 16.5. The van der Waals surface area contributed by atoms with Crippen molar-refractivity contribution in [1.82, 2.24) is 15.1 Å². The maximum atomic E-state index is 13.2. The predicted octanol–water partition coefficient (Wildman–Crippen LogP) is 3.73. The maximum absolute atomic E-state index is 13.2. The number of rotatable bonds is 9. The molecule has 0 aromatic heterocycles. The second kappa shape index (κ2) is 11.0. The van der Waals surface area contributed by atoms with Crippen LogP contribution >= 0.6 is 0 Å². The Hall–Kier alpha value is -3.55. The van der Waals surface area contributed by atoms with Gasteiger partial charge in [-0.2, -0.15) is 0 Å². The Kier molecular flexibility index (Phi) is 7.82. The zero-order valence-corrected chi connectivity index (χ0v) is 21.3. The van der Waals surface area contributed by atoms with Crippen LogP contribution in [0.15, 0.2) is 48.5 Å². The van der Waals surface area contributed by atoms with E-state index in [0.717, 1.165) is 36.3 Å². The molecular weight excluding hydrogens is 458 g/mol. The molecule has 0 saturated carbocycles. The Morgan fingerprint density at radius 2 is 1.67 bits per heavy atom. The number of hydrogen-bond donors (Lipinski definition) is 1. The smallest absolute Gasteiger partial charge is 0.325 e. The molecular formula is C28H35N3O5. The fourth-order valence-corrected chi connectivity index (χ4v) is 4.96. The molecule has 0 spiro atoms. The van der Waals surface area contributed by atoms with Gasteiger partial charge in [-0.3, -0.25) is 14.5 Å². The average Bonchev–Trinajstić information content (AvgIpc) is 3.12. The summed E-state index contributed by atoms with van der Waals surface area (Å²) in [4.78, 5) is 41.6. The molecule has 0 bridgehead atoms. The predicted molar refractivity (Wildman–Crippen MR) is 136 cm³/mol. The van der Waals surface area contributed by atoms with Gasteiger partial charge in [0.1, 0.15) is 23.6 Å². The van der Waals surface area contributed by atoms with Crippen LogP contribution in [0, 0.1) is 5.92 Å². The zero-order chi connectivity index (χ0) is 25.7. The maximum Gasteiger partial charge on any atom is 0.325 e. The average molecular weight is 494 g/mol. The molecule has 8 heteroatoms. The minimum absolute atomic E-state index is 0.192. The number of carbonyl (C=O) groups is 3. The van der Waals surface area contributed by atoms with Crippen molar-refractivity contribution in [2.75, 3.05) is 33.4 Å². The summed E-state index contributed by atoms with van der Waals surface area (Å²) in [5, 5.41) is 2.76. The minimum Gasteiger partial charge on any atom is -0.497 e. The third kappa shape index (κ3) is 5.48. The van der Waals surface area contributed by atoms with Crippen molar-refractivity contribution < 1.29 is 23.9 Å². The van der Waals surface area contributed by atoms with Crippen molar-refractivity contribution in [2.24, 2.45) is 5.92 Å². The minimum atomic E-state index is -1.21. The van der Waals surface area contributed by atoms with E-state index >= 15 is 0 Å². The van der Waals surface area contributed by atoms with Gasteiger partial charge in [0.2, 0.25) is 5.91 Å². The molecule has 4 rings (SSSR count). The monoisotopic (exact) mass is 493 g/mol. The van der Waals surface area contributed by atoms with Crippen LogP contribution < -0.4 is 14.8 Å². The van der Waals surface area contributed by atoms with Crippen LogP contribution in [0.4, 0.5) is 4.79 Å². The normalized spacial score (nSPS) is 20.4. The lowest BCUT2D eigenvalue weighted by molar-refractivity contribution is -0.139. The first kappa shape index (κ1) is 25.5. The molecule has 36 heavy (non-hydrogen) atoms. The molecule has 2 fully saturated rings. The van der Waals surface area contributed by atoms with Gasteiger partial charge in [0.05, 0.1) is 13.7 Å². The molecule has 2 heterocycles. The number of imide groups is 1. The number of aryl methyl sites for hydroxylation is 1. The van der Waals surface area contributed by atoms with Crippen LogP contribution in [-0.2, 0) is 21.5 Å². The van der Waals surface area contributed by atoms with Gasteiger partial charge in [0.15, 0.2) is 0 Å². The molecule has 4 amide bonds. The van der Waals surface area contributed by atoms with E-state index in [-0.39, 0.29) is 12.5 Å². The van der Waals surface area contributed by atoms with Crippen LogP contribution in [-0.4, -0.2) is 61.0 Å². The summed E-state index contributed by atoms with van der Waals surface area (Å²) < 4.78 is 10.7. The van der Waals surface area contributed by atoms with Crippen LogP contribution in [0.3, 0.4) is 0 Å². The summed E-state index contributed by atoms with van der Waals surface area (Å²) in [7, 11) is 1.57. The first-order valence-corrected chi connectivity index (χ1v) is 12.6. The molecule has 1 N–H and O–H groups in total. The highest BCUT2D eigenvalue weighted by Gasteiger charge is 2.49. The van der Waals surface area contributed by atoms with E-state index in [9.17, 15) is 14.4 Å². The highest BCUT2D eigenvalue weighted by Crippen LogP contribution is 2.30. The molecule has 0 radical (unpaired) electrons. The Morgan fingerprint density at radius 3 is 2.28 bits per heavy atom. The number of carbonyl (C=O) groups excluding carboxylic acids is 3. The van der Waals surface area contributed by atoms with Gasteiger partial charge in [0, 0.05) is 13.1 Å². The van der Waals surface area contributed by atoms with Gasteiger partial charge in [-0.1, -0.05) is 24.3 Å². The quantitative estimate of drug-likeness (QED) is 0.538. The number of urea groups is 1. The van der Waals surface area contributed by atoms with Crippen molar-refractivity contribution in [2.45, 2.75) is 45.1 Å². The standard InChI is InChI=1S/C28H35N3O5/c1-4-36-24-11-7-20(8-12-24)5-6-21-15-17-30(18-16-21)25(32)19-31-26(33)28(2,29-27(31)34)22-9-13-23(35-3)14-10-22/h7-14,21H,4-6,15-19H2,1-3H3,(H,29,34). The molecule has 2 aromatic carbocycles. The molecule has 1 atom stereocenters. The van der Waals surface area contributed by atoms with Crippen LogP contribution in [0.2, 0.25) is 0 Å². The van der Waals surface area contributed by atoms with E-state index in [2.05, 4.69) is 17.4 Å². The number of methoxy groups -OCH3 is 1. The van der Waals surface area contributed by atoms with E-state index < -0.39 is 17.5 Å². The molecule has 2 saturated heterocycles. The van der Waals surface area contributed by atoms with Crippen molar-refractivity contribution >= 4 is 17.8 Å². The Bertz CT molecular complexity index is 1080. The number of benzene rings is 2. The molecule has 1 unspecified atom stereocenters. The van der Waals surface area contributed by atoms with Crippen LogP contribution in [0.25, 0.3) is 0 Å². The summed E-state index contributed by atoms with van der Waals surface area (Å²) in [6.07, 6.45) is 3.92. The van der Waals surface area contributed by atoms with Gasteiger partial charge in [-0.15, -0.1) is 0 Å². The number of likely N-dealkylation sites (tertiary alicyclic amines) is 1. The Balaban J connectivity index is 1.27. The van der Waals surface area contributed by atoms with E-state index in [0.29, 0.717) is 36.9 Å². The molecule has 2 aliphatic heterocycles. The van der Waals surface area contributed by atoms with Crippen molar-refractivity contribution in [1.29, 1.82) is 0 Å². The fraction of sp³-hybridized carbons (Fsp3) is 0.464. The molecule has 8 nitrogen and oxygen atoms in total. The van der Waals surface area contributed by atoms with Gasteiger partial charge in [0.25, 0.3) is 5.91 Å². The second-order valence-electron chi connectivity index (χ2n) is 9.61. The molecule has 2 aromatic rings. The number of ether oxygens (including phenoxy) is 2. The van der Waals surface area contributed by atoms with E-state index in [4.69, 9.17) is 9.47 Å². The molecule has 0 aliphatic carbocycles. The lowest BCUT2D eigenvalue weighted by Gasteiger charge is -2.33. The van der Waals surface area contributed by atoms with Gasteiger partial charge in [-0.05, 0) is 80.8 Å².